The Kier molecular flexibility index (Phi) is 7.36. The first kappa shape index (κ1) is 22.5. The van der Waals surface area contributed by atoms with Crippen molar-refractivity contribution in [3.05, 3.63) is 90.3 Å². The molecule has 168 valence electrons. The molecule has 2 heterocycles. The van der Waals surface area contributed by atoms with Gasteiger partial charge in [0.25, 0.3) is 0 Å². The van der Waals surface area contributed by atoms with Gasteiger partial charge in [0.1, 0.15) is 5.75 Å². The van der Waals surface area contributed by atoms with Crippen LogP contribution in [0.25, 0.3) is 11.4 Å². The summed E-state index contributed by atoms with van der Waals surface area (Å²) in [6, 6.07) is 21.7. The van der Waals surface area contributed by atoms with Gasteiger partial charge in [0.2, 0.25) is 5.91 Å². The third-order valence-corrected chi connectivity index (χ3v) is 6.08. The molecule has 0 bridgehead atoms. The monoisotopic (exact) mass is 459 g/mol. The van der Waals surface area contributed by atoms with Crippen LogP contribution in [-0.4, -0.2) is 50.5 Å². The summed E-state index contributed by atoms with van der Waals surface area (Å²) in [7, 11) is 3.44. The third-order valence-electron chi connectivity index (χ3n) is 5.12. The van der Waals surface area contributed by atoms with Gasteiger partial charge in [0.05, 0.1) is 19.4 Å². The van der Waals surface area contributed by atoms with Crippen molar-refractivity contribution in [3.63, 3.8) is 0 Å². The number of amides is 1. The number of methoxy groups -OCH3 is 1. The van der Waals surface area contributed by atoms with Crippen LogP contribution in [0.3, 0.4) is 0 Å². The molecule has 0 saturated heterocycles. The predicted octanol–water partition coefficient (Wildman–Crippen LogP) is 4.15. The molecule has 0 aliphatic heterocycles. The van der Waals surface area contributed by atoms with Crippen LogP contribution in [0.15, 0.2) is 84.3 Å². The summed E-state index contributed by atoms with van der Waals surface area (Å²) in [6.07, 6.45) is 3.50. The van der Waals surface area contributed by atoms with Crippen LogP contribution in [0, 0.1) is 0 Å². The van der Waals surface area contributed by atoms with E-state index < -0.39 is 0 Å². The molecule has 0 unspecified atom stereocenters. The van der Waals surface area contributed by atoms with E-state index in [0.717, 1.165) is 28.3 Å². The Balaban J connectivity index is 1.49. The lowest BCUT2D eigenvalue weighted by Crippen LogP contribution is -2.28. The minimum Gasteiger partial charge on any atom is -0.497 e. The highest BCUT2D eigenvalue weighted by Gasteiger charge is 2.18. The van der Waals surface area contributed by atoms with Crippen molar-refractivity contribution >= 4 is 17.7 Å². The predicted molar refractivity (Wildman–Crippen MR) is 129 cm³/mol. The quantitative estimate of drug-likeness (QED) is 0.350. The first-order chi connectivity index (χ1) is 16.1. The topological polar surface area (TPSA) is 73.1 Å². The van der Waals surface area contributed by atoms with E-state index in [9.17, 15) is 4.79 Å². The molecule has 2 aromatic carbocycles. The summed E-state index contributed by atoms with van der Waals surface area (Å²) in [5.41, 5.74) is 3.03. The maximum atomic E-state index is 12.8. The number of carbonyl (C=O) groups is 1. The smallest absolute Gasteiger partial charge is 0.233 e. The Morgan fingerprint density at radius 3 is 2.61 bits per heavy atom. The maximum absolute atomic E-state index is 12.8. The second-order valence-electron chi connectivity index (χ2n) is 7.51. The molecule has 4 aromatic rings. The third kappa shape index (κ3) is 5.78. The number of hydrogen-bond acceptors (Lipinski definition) is 6. The van der Waals surface area contributed by atoms with Crippen molar-refractivity contribution in [2.24, 2.45) is 0 Å². The van der Waals surface area contributed by atoms with E-state index in [1.807, 2.05) is 59.2 Å². The molecule has 4 rings (SSSR count). The van der Waals surface area contributed by atoms with E-state index in [-0.39, 0.29) is 11.7 Å². The summed E-state index contributed by atoms with van der Waals surface area (Å²) >= 11 is 1.39. The van der Waals surface area contributed by atoms with Crippen LogP contribution in [-0.2, 0) is 17.9 Å². The van der Waals surface area contributed by atoms with Gasteiger partial charge in [-0.15, -0.1) is 10.2 Å². The highest BCUT2D eigenvalue weighted by atomic mass is 32.2. The molecule has 0 N–H and O–H groups in total. The molecule has 1 amide bonds. The van der Waals surface area contributed by atoms with Crippen molar-refractivity contribution in [1.29, 1.82) is 0 Å². The summed E-state index contributed by atoms with van der Waals surface area (Å²) < 4.78 is 7.31. The largest absolute Gasteiger partial charge is 0.497 e. The zero-order valence-electron chi connectivity index (χ0n) is 18.6. The number of benzene rings is 2. The SMILES string of the molecule is COc1cccc(CN(C)C(=O)CSc2nnc(-c3cccnc3)n2Cc2ccccc2)c1. The zero-order chi connectivity index (χ0) is 23.0. The number of rotatable bonds is 9. The Morgan fingerprint density at radius 2 is 1.85 bits per heavy atom. The molecule has 0 aliphatic carbocycles. The Morgan fingerprint density at radius 1 is 1.03 bits per heavy atom. The van der Waals surface area contributed by atoms with E-state index in [1.165, 1.54) is 11.8 Å². The highest BCUT2D eigenvalue weighted by Crippen LogP contribution is 2.25. The molecule has 0 saturated carbocycles. The van der Waals surface area contributed by atoms with Crippen molar-refractivity contribution in [2.45, 2.75) is 18.2 Å². The van der Waals surface area contributed by atoms with Crippen LogP contribution in [0.1, 0.15) is 11.1 Å². The first-order valence-corrected chi connectivity index (χ1v) is 11.5. The zero-order valence-corrected chi connectivity index (χ0v) is 19.4. The van der Waals surface area contributed by atoms with Gasteiger partial charge < -0.3 is 9.64 Å². The molecule has 8 heteroatoms. The van der Waals surface area contributed by atoms with Crippen molar-refractivity contribution in [2.75, 3.05) is 19.9 Å². The van der Waals surface area contributed by atoms with E-state index >= 15 is 0 Å². The minimum atomic E-state index is 0.0139. The van der Waals surface area contributed by atoms with E-state index in [1.54, 1.807) is 31.5 Å². The molecule has 0 radical (unpaired) electrons. The summed E-state index contributed by atoms with van der Waals surface area (Å²) in [4.78, 5) is 18.7. The maximum Gasteiger partial charge on any atom is 0.233 e. The molecule has 0 spiro atoms. The van der Waals surface area contributed by atoms with Crippen molar-refractivity contribution in [3.8, 4) is 17.1 Å². The lowest BCUT2D eigenvalue weighted by molar-refractivity contribution is -0.127. The second kappa shape index (κ2) is 10.8. The van der Waals surface area contributed by atoms with Crippen LogP contribution in [0.5, 0.6) is 5.75 Å². The number of aromatic nitrogens is 4. The van der Waals surface area contributed by atoms with Gasteiger partial charge >= 0.3 is 0 Å². The van der Waals surface area contributed by atoms with E-state index in [2.05, 4.69) is 27.3 Å². The van der Waals surface area contributed by atoms with Gasteiger partial charge in [-0.1, -0.05) is 54.2 Å². The Hall–Kier alpha value is -3.65. The minimum absolute atomic E-state index is 0.0139. The number of pyridine rings is 1. The number of nitrogens with zero attached hydrogens (tertiary/aromatic N) is 5. The molecule has 2 aromatic heterocycles. The number of ether oxygens (including phenoxy) is 1. The Bertz CT molecular complexity index is 1200. The van der Waals surface area contributed by atoms with Gasteiger partial charge in [-0.25, -0.2) is 0 Å². The fraction of sp³-hybridized carbons (Fsp3) is 0.200. The first-order valence-electron chi connectivity index (χ1n) is 10.5. The average molecular weight is 460 g/mol. The molecule has 0 aliphatic rings. The molecule has 7 nitrogen and oxygen atoms in total. The molecular weight excluding hydrogens is 434 g/mol. The fourth-order valence-electron chi connectivity index (χ4n) is 3.38. The molecule has 33 heavy (non-hydrogen) atoms. The van der Waals surface area contributed by atoms with Crippen LogP contribution < -0.4 is 4.74 Å². The van der Waals surface area contributed by atoms with Gasteiger partial charge in [0, 0.05) is 31.5 Å². The summed E-state index contributed by atoms with van der Waals surface area (Å²) in [6.45, 7) is 1.11. The fourth-order valence-corrected chi connectivity index (χ4v) is 4.26. The molecular formula is C25H25N5O2S. The highest BCUT2D eigenvalue weighted by molar-refractivity contribution is 7.99. The van der Waals surface area contributed by atoms with Gasteiger partial charge in [-0.2, -0.15) is 0 Å². The van der Waals surface area contributed by atoms with E-state index in [4.69, 9.17) is 4.74 Å². The number of carbonyl (C=O) groups excluding carboxylic acids is 1. The summed E-state index contributed by atoms with van der Waals surface area (Å²) in [5, 5.41) is 9.49. The molecule has 0 fully saturated rings. The molecule has 0 atom stereocenters. The van der Waals surface area contributed by atoms with Gasteiger partial charge in [0.15, 0.2) is 11.0 Å². The Labute approximate surface area is 197 Å². The second-order valence-corrected chi connectivity index (χ2v) is 8.45. The lowest BCUT2D eigenvalue weighted by atomic mass is 10.2. The standard InChI is InChI=1S/C25H25N5O2S/c1-29(16-20-10-6-12-22(14-20)32-2)23(31)18-33-25-28-27-24(21-11-7-13-26-15-21)30(25)17-19-8-4-3-5-9-19/h3-15H,16-18H2,1-2H3. The van der Waals surface area contributed by atoms with Crippen molar-refractivity contribution < 1.29 is 9.53 Å². The van der Waals surface area contributed by atoms with Crippen LogP contribution >= 0.6 is 11.8 Å². The number of thioether (sulfide) groups is 1. The van der Waals surface area contributed by atoms with Crippen LogP contribution in [0.2, 0.25) is 0 Å². The van der Waals surface area contributed by atoms with E-state index in [0.29, 0.717) is 18.2 Å². The summed E-state index contributed by atoms with van der Waals surface area (Å²) in [5.74, 6) is 1.78. The van der Waals surface area contributed by atoms with Gasteiger partial charge in [-0.3, -0.25) is 14.3 Å². The average Bonchev–Trinajstić information content (AvgIpc) is 3.26. The lowest BCUT2D eigenvalue weighted by Gasteiger charge is -2.17. The van der Waals surface area contributed by atoms with Gasteiger partial charge in [-0.05, 0) is 35.4 Å². The normalized spacial score (nSPS) is 10.7. The number of hydrogen-bond donors (Lipinski definition) is 0. The van der Waals surface area contributed by atoms with Crippen LogP contribution in [0.4, 0.5) is 0 Å². The van der Waals surface area contributed by atoms with Crippen molar-refractivity contribution in [1.82, 2.24) is 24.6 Å².